The van der Waals surface area contributed by atoms with Crippen LogP contribution in [0.15, 0.2) is 66.1 Å². The number of ketones is 1. The summed E-state index contributed by atoms with van der Waals surface area (Å²) in [6.07, 6.45) is 1.67. The monoisotopic (exact) mass is 323 g/mol. The average molecular weight is 323 g/mol. The van der Waals surface area contributed by atoms with E-state index >= 15 is 0 Å². The van der Waals surface area contributed by atoms with Gasteiger partial charge in [0.05, 0.1) is 10.9 Å². The number of rotatable bonds is 5. The van der Waals surface area contributed by atoms with E-state index in [0.29, 0.717) is 5.16 Å². The van der Waals surface area contributed by atoms with E-state index in [0.717, 1.165) is 16.8 Å². The Morgan fingerprint density at radius 2 is 1.78 bits per heavy atom. The van der Waals surface area contributed by atoms with Gasteiger partial charge in [0.25, 0.3) is 0 Å². The van der Waals surface area contributed by atoms with E-state index in [1.807, 2.05) is 68.4 Å². The Morgan fingerprint density at radius 3 is 2.48 bits per heavy atom. The normalized spacial score (nSPS) is 12.1. The number of carbonyl (C=O) groups excluding carboxylic acids is 1. The fraction of sp³-hybridized carbons (Fsp3) is 0.167. The van der Waals surface area contributed by atoms with Crippen molar-refractivity contribution in [3.63, 3.8) is 0 Å². The van der Waals surface area contributed by atoms with E-state index in [1.54, 1.807) is 11.0 Å². The molecule has 0 aliphatic carbocycles. The van der Waals surface area contributed by atoms with Crippen molar-refractivity contribution < 1.29 is 4.79 Å². The molecule has 3 rings (SSSR count). The van der Waals surface area contributed by atoms with Crippen molar-refractivity contribution in [1.82, 2.24) is 14.8 Å². The zero-order valence-corrected chi connectivity index (χ0v) is 13.8. The number of benzene rings is 2. The molecule has 1 atom stereocenters. The molecule has 0 radical (unpaired) electrons. The summed E-state index contributed by atoms with van der Waals surface area (Å²) in [6, 6.07) is 17.4. The molecule has 0 amide bonds. The summed E-state index contributed by atoms with van der Waals surface area (Å²) in [5.74, 6) is 0.0889. The second-order valence-electron chi connectivity index (χ2n) is 5.30. The van der Waals surface area contributed by atoms with Crippen molar-refractivity contribution in [3.8, 4) is 5.69 Å². The van der Waals surface area contributed by atoms with E-state index in [2.05, 4.69) is 10.1 Å². The number of aromatic nitrogens is 3. The number of Topliss-reactive ketones (excluding diaryl/α,β-unsaturated/α-hetero) is 1. The first-order valence-electron chi connectivity index (χ1n) is 7.38. The van der Waals surface area contributed by atoms with Gasteiger partial charge in [-0.2, -0.15) is 0 Å². The number of hydrogen-bond donors (Lipinski definition) is 0. The van der Waals surface area contributed by atoms with Crippen molar-refractivity contribution in [2.75, 3.05) is 0 Å². The Bertz CT molecular complexity index is 797. The maximum Gasteiger partial charge on any atom is 0.209 e. The van der Waals surface area contributed by atoms with Crippen LogP contribution in [0.2, 0.25) is 0 Å². The molecule has 4 nitrogen and oxygen atoms in total. The lowest BCUT2D eigenvalue weighted by Gasteiger charge is -2.08. The molecule has 0 saturated heterocycles. The molecule has 1 aromatic heterocycles. The minimum atomic E-state index is -0.232. The standard InChI is InChI=1S/C18H17N3OS/c1-13-8-10-15(11-9-13)17(22)14(2)23-18-19-12-21(20-18)16-6-4-3-5-7-16/h3-12,14H,1-2H3. The molecule has 2 aromatic carbocycles. The molecule has 23 heavy (non-hydrogen) atoms. The zero-order chi connectivity index (χ0) is 16.2. The molecular formula is C18H17N3OS. The summed E-state index contributed by atoms with van der Waals surface area (Å²) in [7, 11) is 0. The van der Waals surface area contributed by atoms with Gasteiger partial charge in [-0.3, -0.25) is 4.79 Å². The van der Waals surface area contributed by atoms with Crippen molar-refractivity contribution in [3.05, 3.63) is 72.1 Å². The maximum atomic E-state index is 12.5. The lowest BCUT2D eigenvalue weighted by molar-refractivity contribution is 0.0994. The quantitative estimate of drug-likeness (QED) is 0.527. The second kappa shape index (κ2) is 6.79. The summed E-state index contributed by atoms with van der Waals surface area (Å²) in [5, 5.41) is 4.79. The molecular weight excluding hydrogens is 306 g/mol. The van der Waals surface area contributed by atoms with Gasteiger partial charge in [0.1, 0.15) is 6.33 Å². The van der Waals surface area contributed by atoms with Crippen LogP contribution in [-0.2, 0) is 0 Å². The Labute approximate surface area is 139 Å². The van der Waals surface area contributed by atoms with Crippen LogP contribution in [0.25, 0.3) is 5.69 Å². The van der Waals surface area contributed by atoms with Gasteiger partial charge in [0, 0.05) is 5.56 Å². The third-order valence-corrected chi connectivity index (χ3v) is 4.44. The highest BCUT2D eigenvalue weighted by Gasteiger charge is 2.18. The number of para-hydroxylation sites is 1. The first-order chi connectivity index (χ1) is 11.1. The Hall–Kier alpha value is -2.40. The Kier molecular flexibility index (Phi) is 4.57. The highest BCUT2D eigenvalue weighted by atomic mass is 32.2. The van der Waals surface area contributed by atoms with Gasteiger partial charge in [-0.25, -0.2) is 9.67 Å². The number of carbonyl (C=O) groups is 1. The molecule has 0 saturated carbocycles. The second-order valence-corrected chi connectivity index (χ2v) is 6.61. The molecule has 3 aromatic rings. The van der Waals surface area contributed by atoms with E-state index in [-0.39, 0.29) is 11.0 Å². The molecule has 0 spiro atoms. The SMILES string of the molecule is Cc1ccc(C(=O)C(C)Sc2ncn(-c3ccccc3)n2)cc1. The molecule has 0 aliphatic heterocycles. The smallest absolute Gasteiger partial charge is 0.209 e. The van der Waals surface area contributed by atoms with Gasteiger partial charge in [-0.05, 0) is 26.0 Å². The van der Waals surface area contributed by atoms with Crippen LogP contribution >= 0.6 is 11.8 Å². The maximum absolute atomic E-state index is 12.5. The Morgan fingerprint density at radius 1 is 1.09 bits per heavy atom. The molecule has 0 bridgehead atoms. The van der Waals surface area contributed by atoms with Gasteiger partial charge in [-0.15, -0.1) is 5.10 Å². The van der Waals surface area contributed by atoms with Crippen molar-refractivity contribution >= 4 is 17.5 Å². The number of nitrogens with zero attached hydrogens (tertiary/aromatic N) is 3. The average Bonchev–Trinajstić information content (AvgIpc) is 3.04. The summed E-state index contributed by atoms with van der Waals surface area (Å²) >= 11 is 1.37. The van der Waals surface area contributed by atoms with Crippen LogP contribution in [-0.4, -0.2) is 25.8 Å². The molecule has 1 unspecified atom stereocenters. The van der Waals surface area contributed by atoms with E-state index < -0.39 is 0 Å². The lowest BCUT2D eigenvalue weighted by atomic mass is 10.1. The topological polar surface area (TPSA) is 47.8 Å². The largest absolute Gasteiger partial charge is 0.293 e. The fourth-order valence-electron chi connectivity index (χ4n) is 2.17. The molecule has 1 heterocycles. The van der Waals surface area contributed by atoms with Crippen LogP contribution in [0.3, 0.4) is 0 Å². The van der Waals surface area contributed by atoms with Gasteiger partial charge in [0.15, 0.2) is 5.78 Å². The summed E-state index contributed by atoms with van der Waals surface area (Å²) in [6.45, 7) is 3.89. The first kappa shape index (κ1) is 15.5. The van der Waals surface area contributed by atoms with Gasteiger partial charge in [-0.1, -0.05) is 59.8 Å². The molecule has 0 N–H and O–H groups in total. The van der Waals surface area contributed by atoms with Gasteiger partial charge in [0.2, 0.25) is 5.16 Å². The van der Waals surface area contributed by atoms with E-state index in [1.165, 1.54) is 11.8 Å². The first-order valence-corrected chi connectivity index (χ1v) is 8.26. The van der Waals surface area contributed by atoms with Gasteiger partial charge < -0.3 is 0 Å². The van der Waals surface area contributed by atoms with E-state index in [9.17, 15) is 4.79 Å². The summed E-state index contributed by atoms with van der Waals surface area (Å²) < 4.78 is 1.71. The number of thioether (sulfide) groups is 1. The van der Waals surface area contributed by atoms with Crippen LogP contribution < -0.4 is 0 Å². The predicted molar refractivity (Wildman–Crippen MR) is 92.2 cm³/mol. The lowest BCUT2D eigenvalue weighted by Crippen LogP contribution is -2.13. The highest BCUT2D eigenvalue weighted by molar-refractivity contribution is 8.00. The summed E-state index contributed by atoms with van der Waals surface area (Å²) in [4.78, 5) is 16.7. The van der Waals surface area contributed by atoms with Crippen LogP contribution in [0.1, 0.15) is 22.8 Å². The predicted octanol–water partition coefficient (Wildman–Crippen LogP) is 3.94. The van der Waals surface area contributed by atoms with E-state index in [4.69, 9.17) is 0 Å². The fourth-order valence-corrected chi connectivity index (χ4v) is 2.97. The third kappa shape index (κ3) is 3.68. The van der Waals surface area contributed by atoms with Crippen molar-refractivity contribution in [2.45, 2.75) is 24.3 Å². The molecule has 5 heteroatoms. The minimum absolute atomic E-state index is 0.0889. The Balaban J connectivity index is 1.71. The highest BCUT2D eigenvalue weighted by Crippen LogP contribution is 2.23. The molecule has 0 aliphatic rings. The van der Waals surface area contributed by atoms with Crippen molar-refractivity contribution in [2.24, 2.45) is 0 Å². The van der Waals surface area contributed by atoms with Crippen LogP contribution in [0.5, 0.6) is 0 Å². The number of aryl methyl sites for hydroxylation is 1. The summed E-state index contributed by atoms with van der Waals surface area (Å²) in [5.41, 5.74) is 2.81. The van der Waals surface area contributed by atoms with Gasteiger partial charge >= 0.3 is 0 Å². The van der Waals surface area contributed by atoms with Crippen LogP contribution in [0, 0.1) is 6.92 Å². The molecule has 0 fully saturated rings. The van der Waals surface area contributed by atoms with Crippen molar-refractivity contribution in [1.29, 1.82) is 0 Å². The molecule has 116 valence electrons. The third-order valence-electron chi connectivity index (χ3n) is 3.48. The number of hydrogen-bond acceptors (Lipinski definition) is 4. The zero-order valence-electron chi connectivity index (χ0n) is 13.0. The minimum Gasteiger partial charge on any atom is -0.293 e. The van der Waals surface area contributed by atoms with Crippen LogP contribution in [0.4, 0.5) is 0 Å².